The molecule has 3 atom stereocenters. The Hall–Kier alpha value is -1.59. The van der Waals surface area contributed by atoms with Gasteiger partial charge in [0.15, 0.2) is 0 Å². The number of aliphatic carboxylic acids is 1. The highest BCUT2D eigenvalue weighted by molar-refractivity contribution is 5.93. The number of amides is 2. The molecule has 0 radical (unpaired) electrons. The molecule has 2 fully saturated rings. The fourth-order valence-corrected chi connectivity index (χ4v) is 2.99. The zero-order valence-corrected chi connectivity index (χ0v) is 12.0. The number of likely N-dealkylation sites (tertiary alicyclic amines) is 1. The molecular formula is C14H22N2O4. The maximum Gasteiger partial charge on any atom is 0.307 e. The Balaban J connectivity index is 2.02. The van der Waals surface area contributed by atoms with Gasteiger partial charge >= 0.3 is 5.97 Å². The van der Waals surface area contributed by atoms with Gasteiger partial charge in [-0.15, -0.1) is 0 Å². The van der Waals surface area contributed by atoms with Crippen LogP contribution in [0.2, 0.25) is 0 Å². The Morgan fingerprint density at radius 3 is 2.35 bits per heavy atom. The second-order valence-electron chi connectivity index (χ2n) is 5.49. The summed E-state index contributed by atoms with van der Waals surface area (Å²) < 4.78 is 0. The maximum atomic E-state index is 12.4. The zero-order valence-electron chi connectivity index (χ0n) is 12.0. The molecule has 6 heteroatoms. The van der Waals surface area contributed by atoms with Crippen molar-refractivity contribution in [3.8, 4) is 0 Å². The smallest absolute Gasteiger partial charge is 0.307 e. The van der Waals surface area contributed by atoms with Gasteiger partial charge in [0.2, 0.25) is 11.8 Å². The Morgan fingerprint density at radius 1 is 1.20 bits per heavy atom. The van der Waals surface area contributed by atoms with Gasteiger partial charge in [0.1, 0.15) is 6.04 Å². The topological polar surface area (TPSA) is 77.9 Å². The molecule has 2 amide bonds. The lowest BCUT2D eigenvalue weighted by Gasteiger charge is -2.29. The molecule has 0 aromatic carbocycles. The van der Waals surface area contributed by atoms with E-state index in [1.165, 1.54) is 0 Å². The van der Waals surface area contributed by atoms with E-state index in [1.807, 2.05) is 13.8 Å². The Labute approximate surface area is 118 Å². The molecule has 1 aliphatic carbocycles. The van der Waals surface area contributed by atoms with E-state index in [2.05, 4.69) is 0 Å². The molecule has 1 heterocycles. The van der Waals surface area contributed by atoms with Crippen LogP contribution in [0.1, 0.15) is 33.1 Å². The normalized spacial score (nSPS) is 28.3. The number of carboxylic acids is 1. The van der Waals surface area contributed by atoms with Crippen LogP contribution in [0.3, 0.4) is 0 Å². The third-order valence-electron chi connectivity index (χ3n) is 4.32. The van der Waals surface area contributed by atoms with E-state index >= 15 is 0 Å². The number of likely N-dealkylation sites (N-methyl/N-ethyl adjacent to an activating group) is 1. The second kappa shape index (κ2) is 5.81. The molecule has 1 saturated heterocycles. The highest BCUT2D eigenvalue weighted by Gasteiger charge is 2.52. The van der Waals surface area contributed by atoms with E-state index in [9.17, 15) is 14.4 Å². The van der Waals surface area contributed by atoms with Crippen molar-refractivity contribution in [3.05, 3.63) is 0 Å². The maximum absolute atomic E-state index is 12.4. The third-order valence-corrected chi connectivity index (χ3v) is 4.32. The monoisotopic (exact) mass is 282 g/mol. The van der Waals surface area contributed by atoms with Crippen LogP contribution in [0, 0.1) is 11.8 Å². The molecule has 1 aliphatic heterocycles. The number of hydrogen-bond donors (Lipinski definition) is 1. The lowest BCUT2D eigenvalue weighted by Crippen LogP contribution is -2.48. The van der Waals surface area contributed by atoms with Crippen molar-refractivity contribution in [2.24, 2.45) is 11.8 Å². The minimum Gasteiger partial charge on any atom is -0.481 e. The van der Waals surface area contributed by atoms with Crippen molar-refractivity contribution in [3.63, 3.8) is 0 Å². The van der Waals surface area contributed by atoms with Crippen LogP contribution >= 0.6 is 0 Å². The number of carbonyl (C=O) groups excluding carboxylic acids is 2. The largest absolute Gasteiger partial charge is 0.481 e. The average Bonchev–Trinajstić information content (AvgIpc) is 3.08. The summed E-state index contributed by atoms with van der Waals surface area (Å²) in [5, 5.41) is 8.91. The highest BCUT2D eigenvalue weighted by Crippen LogP contribution is 2.41. The Morgan fingerprint density at radius 2 is 1.85 bits per heavy atom. The predicted molar refractivity (Wildman–Crippen MR) is 71.9 cm³/mol. The fourth-order valence-electron chi connectivity index (χ4n) is 2.99. The zero-order chi connectivity index (χ0) is 14.9. The molecule has 112 valence electrons. The van der Waals surface area contributed by atoms with Gasteiger partial charge in [0.05, 0.1) is 11.8 Å². The van der Waals surface area contributed by atoms with Crippen molar-refractivity contribution in [1.29, 1.82) is 0 Å². The second-order valence-corrected chi connectivity index (χ2v) is 5.49. The molecule has 3 unspecified atom stereocenters. The Kier molecular flexibility index (Phi) is 4.30. The van der Waals surface area contributed by atoms with Gasteiger partial charge in [-0.25, -0.2) is 0 Å². The summed E-state index contributed by atoms with van der Waals surface area (Å²) in [5.41, 5.74) is 0. The number of hydrogen-bond acceptors (Lipinski definition) is 3. The first-order chi connectivity index (χ1) is 9.51. The van der Waals surface area contributed by atoms with Gasteiger partial charge in [-0.3, -0.25) is 14.4 Å². The first-order valence-electron chi connectivity index (χ1n) is 7.33. The van der Waals surface area contributed by atoms with Gasteiger partial charge in [-0.1, -0.05) is 0 Å². The van der Waals surface area contributed by atoms with Crippen LogP contribution in [-0.4, -0.2) is 58.4 Å². The van der Waals surface area contributed by atoms with Crippen molar-refractivity contribution in [2.75, 3.05) is 19.6 Å². The molecule has 0 aromatic heterocycles. The summed E-state index contributed by atoms with van der Waals surface area (Å²) >= 11 is 0. The van der Waals surface area contributed by atoms with Crippen LogP contribution in [-0.2, 0) is 14.4 Å². The molecule has 1 saturated carbocycles. The van der Waals surface area contributed by atoms with Crippen LogP contribution in [0.25, 0.3) is 0 Å². The molecule has 2 aliphatic rings. The van der Waals surface area contributed by atoms with Crippen molar-refractivity contribution in [1.82, 2.24) is 9.80 Å². The van der Waals surface area contributed by atoms with Crippen LogP contribution in [0.15, 0.2) is 0 Å². The molecule has 0 spiro atoms. The quantitative estimate of drug-likeness (QED) is 0.799. The van der Waals surface area contributed by atoms with E-state index in [0.29, 0.717) is 32.5 Å². The molecule has 1 N–H and O–H groups in total. The molecule has 20 heavy (non-hydrogen) atoms. The van der Waals surface area contributed by atoms with Gasteiger partial charge in [-0.2, -0.15) is 0 Å². The number of carbonyl (C=O) groups is 3. The number of nitrogens with zero attached hydrogens (tertiary/aromatic N) is 2. The average molecular weight is 282 g/mol. The minimum atomic E-state index is -0.908. The van der Waals surface area contributed by atoms with E-state index < -0.39 is 23.8 Å². The summed E-state index contributed by atoms with van der Waals surface area (Å²) in [6.45, 7) is 5.68. The highest BCUT2D eigenvalue weighted by atomic mass is 16.4. The van der Waals surface area contributed by atoms with Gasteiger partial charge in [-0.05, 0) is 33.1 Å². The molecule has 0 bridgehead atoms. The fraction of sp³-hybridized carbons (Fsp3) is 0.786. The standard InChI is InChI=1S/C14H22N2O4/c1-3-15(4-2)13(18)11-6-5-7-16(11)12(17)9-8-10(9)14(19)20/h9-11H,3-8H2,1-2H3,(H,19,20). The van der Waals surface area contributed by atoms with Crippen LogP contribution < -0.4 is 0 Å². The SMILES string of the molecule is CCN(CC)C(=O)C1CCCN1C(=O)C1CC1C(=O)O. The van der Waals surface area contributed by atoms with E-state index in [0.717, 1.165) is 6.42 Å². The minimum absolute atomic E-state index is 0.00613. The first kappa shape index (κ1) is 14.8. The van der Waals surface area contributed by atoms with Gasteiger partial charge in [0.25, 0.3) is 0 Å². The van der Waals surface area contributed by atoms with Gasteiger partial charge < -0.3 is 14.9 Å². The van der Waals surface area contributed by atoms with Crippen molar-refractivity contribution < 1.29 is 19.5 Å². The molecular weight excluding hydrogens is 260 g/mol. The van der Waals surface area contributed by atoms with Gasteiger partial charge in [0, 0.05) is 19.6 Å². The summed E-state index contributed by atoms with van der Waals surface area (Å²) in [6.07, 6.45) is 1.91. The number of rotatable bonds is 5. The van der Waals surface area contributed by atoms with E-state index in [-0.39, 0.29) is 11.8 Å². The summed E-state index contributed by atoms with van der Waals surface area (Å²) in [7, 11) is 0. The third kappa shape index (κ3) is 2.64. The van der Waals surface area contributed by atoms with E-state index in [1.54, 1.807) is 9.80 Å². The summed E-state index contributed by atoms with van der Waals surface area (Å²) in [4.78, 5) is 38.9. The Bertz CT molecular complexity index is 419. The van der Waals surface area contributed by atoms with Crippen LogP contribution in [0.4, 0.5) is 0 Å². The van der Waals surface area contributed by atoms with Crippen molar-refractivity contribution in [2.45, 2.75) is 39.2 Å². The predicted octanol–water partition coefficient (Wildman–Crippen LogP) is 0.567. The first-order valence-corrected chi connectivity index (χ1v) is 7.33. The molecule has 0 aromatic rings. The van der Waals surface area contributed by atoms with Crippen molar-refractivity contribution >= 4 is 17.8 Å². The number of carboxylic acid groups (broad SMARTS) is 1. The lowest BCUT2D eigenvalue weighted by molar-refractivity contribution is -0.146. The lowest BCUT2D eigenvalue weighted by atomic mass is 10.1. The molecule has 6 nitrogen and oxygen atoms in total. The van der Waals surface area contributed by atoms with E-state index in [4.69, 9.17) is 5.11 Å². The summed E-state index contributed by atoms with van der Waals surface area (Å²) in [5.74, 6) is -2.03. The van der Waals surface area contributed by atoms with Crippen LogP contribution in [0.5, 0.6) is 0 Å². The molecule has 2 rings (SSSR count). The summed E-state index contributed by atoms with van der Waals surface area (Å²) in [6, 6.07) is -0.391.